The fourth-order valence-electron chi connectivity index (χ4n) is 5.50. The Balaban J connectivity index is 0.000000549. The lowest BCUT2D eigenvalue weighted by molar-refractivity contribution is -0.155. The SMILES string of the molecule is Cc1ccc(C(=O)N(CCCl)CCCl)cc1C(CN)CC(=O)O.Cc1ccc(C(=O)N(CCCl)CCCl)cc1C(CN[B]C=O)CC(=O)OC(C)(C)C. The second-order valence-corrected chi connectivity index (χ2v) is 14.7. The summed E-state index contributed by atoms with van der Waals surface area (Å²) in [5, 5.41) is 11.9. The Morgan fingerprint density at radius 2 is 1.25 bits per heavy atom. The van der Waals surface area contributed by atoms with Crippen molar-refractivity contribution >= 4 is 83.8 Å². The molecule has 0 aromatic heterocycles. The van der Waals surface area contributed by atoms with Crippen LogP contribution in [0.15, 0.2) is 36.4 Å². The number of rotatable bonds is 21. The molecule has 0 saturated carbocycles. The van der Waals surface area contributed by atoms with Gasteiger partial charge in [0.2, 0.25) is 0 Å². The smallest absolute Gasteiger partial charge is 0.306 e. The molecule has 2 aromatic rings. The van der Waals surface area contributed by atoms with E-state index in [1.54, 1.807) is 34.1 Å². The molecule has 293 valence electrons. The lowest BCUT2D eigenvalue weighted by atomic mass is 9.88. The fourth-order valence-corrected chi connectivity index (χ4v) is 6.31. The molecule has 16 heteroatoms. The van der Waals surface area contributed by atoms with Crippen LogP contribution in [0.4, 0.5) is 0 Å². The molecule has 0 aliphatic rings. The molecule has 0 saturated heterocycles. The van der Waals surface area contributed by atoms with Crippen LogP contribution < -0.4 is 11.0 Å². The first kappa shape index (κ1) is 48.2. The number of carbonyl (C=O) groups excluding carboxylic acids is 4. The number of halogens is 4. The van der Waals surface area contributed by atoms with Gasteiger partial charge in [-0.05, 0) is 94.2 Å². The summed E-state index contributed by atoms with van der Waals surface area (Å²) in [6.07, 6.45) is 0.693. The zero-order valence-electron chi connectivity index (χ0n) is 31.1. The van der Waals surface area contributed by atoms with E-state index in [2.05, 4.69) is 5.23 Å². The largest absolute Gasteiger partial charge is 0.481 e. The Bertz CT molecular complexity index is 1480. The van der Waals surface area contributed by atoms with Gasteiger partial charge < -0.3 is 35.4 Å². The van der Waals surface area contributed by atoms with Crippen molar-refractivity contribution in [2.45, 2.75) is 64.9 Å². The van der Waals surface area contributed by atoms with Gasteiger partial charge >= 0.3 is 11.9 Å². The molecule has 2 amide bonds. The van der Waals surface area contributed by atoms with Gasteiger partial charge in [-0.3, -0.25) is 19.2 Å². The number of aryl methyl sites for hydroxylation is 2. The molecule has 0 fully saturated rings. The number of alkyl halides is 4. The highest BCUT2D eigenvalue weighted by Gasteiger charge is 2.25. The number of carboxylic acids is 1. The van der Waals surface area contributed by atoms with Crippen LogP contribution in [0.5, 0.6) is 0 Å². The first-order chi connectivity index (χ1) is 25.1. The summed E-state index contributed by atoms with van der Waals surface area (Å²) in [7, 11) is 1.29. The average Bonchev–Trinajstić information content (AvgIpc) is 3.09. The minimum Gasteiger partial charge on any atom is -0.481 e. The molecule has 2 atom stereocenters. The van der Waals surface area contributed by atoms with Crippen LogP contribution in [0.3, 0.4) is 0 Å². The standard InChI is InChI=1S/C21H30BCl2N2O4.C16H22Cl2N2O3/c1-15-5-6-16(20(29)26(9-7-23)10-8-24)11-18(15)17(13-25-22-14-27)12-19(28)30-21(2,3)4;1-11-2-3-12(16(23)20(6-4-17)7-5-18)8-14(11)13(10-19)9-15(21)22/h5-6,11,14,17,25H,7-10,12-13H2,1-4H3;2-3,8,13H,4-7,9-10,19H2,1H3,(H,21,22). The number of amides is 2. The molecular weight excluding hydrogens is 765 g/mol. The molecule has 0 spiro atoms. The number of nitrogens with one attached hydrogen (secondary N) is 1. The second kappa shape index (κ2) is 25.3. The molecule has 0 aliphatic heterocycles. The third kappa shape index (κ3) is 17.4. The number of carbonyl (C=O) groups is 5. The van der Waals surface area contributed by atoms with Gasteiger partial charge in [-0.25, -0.2) is 0 Å². The van der Waals surface area contributed by atoms with Crippen LogP contribution >= 0.6 is 46.4 Å². The predicted octanol–water partition coefficient (Wildman–Crippen LogP) is 5.56. The first-order valence-electron chi connectivity index (χ1n) is 17.2. The van der Waals surface area contributed by atoms with Crippen molar-refractivity contribution in [3.05, 3.63) is 69.8 Å². The Morgan fingerprint density at radius 1 is 0.811 bits per heavy atom. The maximum atomic E-state index is 12.9. The summed E-state index contributed by atoms with van der Waals surface area (Å²) in [6, 6.07) is 10.7. The number of nitrogens with zero attached hydrogens (tertiary/aromatic N) is 2. The van der Waals surface area contributed by atoms with Gasteiger partial charge in [0.05, 0.1) is 19.0 Å². The Morgan fingerprint density at radius 3 is 1.60 bits per heavy atom. The van der Waals surface area contributed by atoms with Gasteiger partial charge in [0, 0.05) is 72.7 Å². The van der Waals surface area contributed by atoms with E-state index in [9.17, 15) is 24.0 Å². The number of benzene rings is 2. The van der Waals surface area contributed by atoms with Crippen molar-refractivity contribution in [3.8, 4) is 0 Å². The Labute approximate surface area is 334 Å². The highest BCUT2D eigenvalue weighted by molar-refractivity contribution is 6.64. The number of nitrogens with two attached hydrogens (primary N) is 1. The molecule has 11 nitrogen and oxygen atoms in total. The average molecular weight is 817 g/mol. The maximum Gasteiger partial charge on any atom is 0.306 e. The summed E-state index contributed by atoms with van der Waals surface area (Å²) >= 11 is 23.1. The van der Waals surface area contributed by atoms with Gasteiger partial charge in [0.25, 0.3) is 19.2 Å². The van der Waals surface area contributed by atoms with E-state index in [-0.39, 0.29) is 49.0 Å². The summed E-state index contributed by atoms with van der Waals surface area (Å²) in [4.78, 5) is 62.8. The van der Waals surface area contributed by atoms with E-state index in [1.165, 1.54) is 7.41 Å². The predicted molar refractivity (Wildman–Crippen MR) is 215 cm³/mol. The first-order valence-corrected chi connectivity index (χ1v) is 19.4. The molecular formula is C37H52BCl4N4O7. The topological polar surface area (TPSA) is 159 Å². The van der Waals surface area contributed by atoms with Crippen molar-refractivity contribution < 1.29 is 33.8 Å². The number of hydrogen-bond donors (Lipinski definition) is 3. The van der Waals surface area contributed by atoms with E-state index in [0.29, 0.717) is 73.6 Å². The second-order valence-electron chi connectivity index (χ2n) is 13.2. The zero-order chi connectivity index (χ0) is 40.1. The summed E-state index contributed by atoms with van der Waals surface area (Å²) in [5.41, 5.74) is 9.59. The molecule has 0 heterocycles. The summed E-state index contributed by atoms with van der Waals surface area (Å²) in [5.74, 6) is -0.919. The monoisotopic (exact) mass is 815 g/mol. The van der Waals surface area contributed by atoms with Crippen LogP contribution in [0.2, 0.25) is 0 Å². The quantitative estimate of drug-likeness (QED) is 0.0482. The Hall–Kier alpha value is -2.87. The van der Waals surface area contributed by atoms with Gasteiger partial charge in [-0.15, -0.1) is 46.4 Å². The number of carboxylic acid groups (broad SMARTS) is 1. The fraction of sp³-hybridized carbons (Fsp3) is 0.541. The number of aliphatic carboxylic acids is 1. The van der Waals surface area contributed by atoms with Crippen LogP contribution in [0, 0.1) is 13.8 Å². The minimum absolute atomic E-state index is 0.0674. The van der Waals surface area contributed by atoms with Crippen molar-refractivity contribution in [2.24, 2.45) is 5.73 Å². The maximum absolute atomic E-state index is 12.9. The molecule has 2 unspecified atom stereocenters. The summed E-state index contributed by atoms with van der Waals surface area (Å²) < 4.78 is 5.46. The van der Waals surface area contributed by atoms with E-state index >= 15 is 0 Å². The molecule has 2 rings (SSSR count). The molecule has 0 aliphatic carbocycles. The van der Waals surface area contributed by atoms with Crippen LogP contribution in [-0.4, -0.2) is 121 Å². The van der Waals surface area contributed by atoms with E-state index in [0.717, 1.165) is 22.3 Å². The number of ether oxygens (including phenoxy) is 1. The molecule has 2 aromatic carbocycles. The molecule has 53 heavy (non-hydrogen) atoms. The third-order valence-corrected chi connectivity index (χ3v) is 8.69. The van der Waals surface area contributed by atoms with Gasteiger partial charge in [0.1, 0.15) is 5.60 Å². The minimum atomic E-state index is -0.914. The normalized spacial score (nSPS) is 12.1. The van der Waals surface area contributed by atoms with Crippen molar-refractivity contribution in [1.29, 1.82) is 0 Å². The van der Waals surface area contributed by atoms with Crippen LogP contribution in [0.25, 0.3) is 0 Å². The zero-order valence-corrected chi connectivity index (χ0v) is 34.2. The highest BCUT2D eigenvalue weighted by atomic mass is 35.5. The van der Waals surface area contributed by atoms with E-state index in [1.807, 2.05) is 46.8 Å². The van der Waals surface area contributed by atoms with E-state index < -0.39 is 11.6 Å². The van der Waals surface area contributed by atoms with Gasteiger partial charge in [0.15, 0.2) is 0 Å². The third-order valence-electron chi connectivity index (χ3n) is 8.01. The number of hydrogen-bond acceptors (Lipinski definition) is 8. The lowest BCUT2D eigenvalue weighted by Gasteiger charge is -2.25. The van der Waals surface area contributed by atoms with E-state index in [4.69, 9.17) is 62.0 Å². The molecule has 4 N–H and O–H groups in total. The van der Waals surface area contributed by atoms with Crippen molar-refractivity contribution in [3.63, 3.8) is 0 Å². The van der Waals surface area contributed by atoms with Crippen LogP contribution in [-0.2, 0) is 19.1 Å². The lowest BCUT2D eigenvalue weighted by Crippen LogP contribution is -2.34. The molecule has 0 bridgehead atoms. The van der Waals surface area contributed by atoms with Crippen molar-refractivity contribution in [1.82, 2.24) is 15.0 Å². The van der Waals surface area contributed by atoms with Crippen molar-refractivity contribution in [2.75, 3.05) is 62.8 Å². The van der Waals surface area contributed by atoms with Crippen LogP contribution in [0.1, 0.15) is 88.4 Å². The Kier molecular flexibility index (Phi) is 22.9. The highest BCUT2D eigenvalue weighted by Crippen LogP contribution is 2.27. The summed E-state index contributed by atoms with van der Waals surface area (Å²) in [6.45, 7) is 11.4. The van der Waals surface area contributed by atoms with Gasteiger partial charge in [-0.2, -0.15) is 0 Å². The number of esters is 1. The van der Waals surface area contributed by atoms with Gasteiger partial charge in [-0.1, -0.05) is 12.1 Å². The molecule has 1 radical (unpaired) electrons.